The summed E-state index contributed by atoms with van der Waals surface area (Å²) < 4.78 is 0. The number of piperazine rings is 1. The number of aromatic amines is 1. The molecule has 152 valence electrons. The molecule has 0 spiro atoms. The summed E-state index contributed by atoms with van der Waals surface area (Å²) in [5, 5.41) is 7.86. The van der Waals surface area contributed by atoms with Crippen molar-refractivity contribution >= 4 is 33.8 Å². The van der Waals surface area contributed by atoms with E-state index in [9.17, 15) is 4.79 Å². The number of fused-ring (bicyclic) bond motifs is 1. The summed E-state index contributed by atoms with van der Waals surface area (Å²) in [4.78, 5) is 24.5. The Balaban J connectivity index is 1.60. The number of H-pyrrole nitrogens is 1. The van der Waals surface area contributed by atoms with Gasteiger partial charge < -0.3 is 31.2 Å². The first-order valence-electron chi connectivity index (χ1n) is 9.91. The van der Waals surface area contributed by atoms with Gasteiger partial charge in [0.05, 0.1) is 5.39 Å². The van der Waals surface area contributed by atoms with Crippen LogP contribution in [0.5, 0.6) is 0 Å². The molecule has 0 aliphatic carbocycles. The summed E-state index contributed by atoms with van der Waals surface area (Å²) in [6.07, 6.45) is 1.64. The SMILES string of the molecule is CN1CCN(c2ccc(Nc3nc(NCCN)cc4cc[nH]c(=O)c34)cc2)CC1. The third kappa shape index (κ3) is 4.33. The fourth-order valence-electron chi connectivity index (χ4n) is 3.55. The van der Waals surface area contributed by atoms with E-state index in [0.717, 1.165) is 37.3 Å². The summed E-state index contributed by atoms with van der Waals surface area (Å²) in [6.45, 7) is 5.31. The summed E-state index contributed by atoms with van der Waals surface area (Å²) in [6, 6.07) is 12.0. The molecule has 0 unspecified atom stereocenters. The first-order chi connectivity index (χ1) is 14.1. The third-order valence-electron chi connectivity index (χ3n) is 5.20. The van der Waals surface area contributed by atoms with Gasteiger partial charge in [0.25, 0.3) is 5.56 Å². The molecule has 3 heterocycles. The molecular weight excluding hydrogens is 366 g/mol. The van der Waals surface area contributed by atoms with Gasteiger partial charge in [-0.1, -0.05) is 0 Å². The Morgan fingerprint density at radius 2 is 1.90 bits per heavy atom. The standard InChI is InChI=1S/C21H27N7O/c1-27-10-12-28(13-11-27)17-4-2-16(3-5-17)25-20-19-15(6-8-24-21(19)29)14-18(26-20)23-9-7-22/h2-6,8,14H,7,9-13,22H2,1H3,(H,24,29)(H2,23,25,26). The van der Waals surface area contributed by atoms with Crippen LogP contribution >= 0.6 is 0 Å². The maximum atomic E-state index is 12.4. The number of nitrogens with one attached hydrogen (secondary N) is 3. The molecule has 8 nitrogen and oxygen atoms in total. The Morgan fingerprint density at radius 3 is 2.62 bits per heavy atom. The van der Waals surface area contributed by atoms with E-state index in [4.69, 9.17) is 5.73 Å². The van der Waals surface area contributed by atoms with Crippen LogP contribution in [0.4, 0.5) is 23.0 Å². The first-order valence-corrected chi connectivity index (χ1v) is 9.91. The summed E-state index contributed by atoms with van der Waals surface area (Å²) in [7, 11) is 2.15. The van der Waals surface area contributed by atoms with Gasteiger partial charge in [-0.05, 0) is 48.8 Å². The van der Waals surface area contributed by atoms with E-state index in [2.05, 4.69) is 49.6 Å². The molecule has 0 amide bonds. The van der Waals surface area contributed by atoms with E-state index < -0.39 is 0 Å². The molecule has 1 saturated heterocycles. The highest BCUT2D eigenvalue weighted by Crippen LogP contribution is 2.26. The molecule has 4 rings (SSSR count). The monoisotopic (exact) mass is 393 g/mol. The number of pyridine rings is 2. The molecule has 8 heteroatoms. The highest BCUT2D eigenvalue weighted by atomic mass is 16.1. The second-order valence-electron chi connectivity index (χ2n) is 7.30. The van der Waals surface area contributed by atoms with Gasteiger partial charge in [-0.3, -0.25) is 4.79 Å². The fraction of sp³-hybridized carbons (Fsp3) is 0.333. The molecule has 1 aliphatic rings. The van der Waals surface area contributed by atoms with Crippen LogP contribution in [0.3, 0.4) is 0 Å². The topological polar surface area (TPSA) is 102 Å². The lowest BCUT2D eigenvalue weighted by Gasteiger charge is -2.34. The van der Waals surface area contributed by atoms with Crippen molar-refractivity contribution < 1.29 is 0 Å². The van der Waals surface area contributed by atoms with Gasteiger partial charge in [-0.15, -0.1) is 0 Å². The van der Waals surface area contributed by atoms with Crippen molar-refractivity contribution in [2.75, 3.05) is 61.8 Å². The van der Waals surface area contributed by atoms with Gasteiger partial charge in [0.1, 0.15) is 11.6 Å². The Labute approximate surface area is 169 Å². The first kappa shape index (κ1) is 19.2. The van der Waals surface area contributed by atoms with Crippen LogP contribution in [0.1, 0.15) is 0 Å². The number of nitrogens with two attached hydrogens (primary N) is 1. The molecule has 0 radical (unpaired) electrons. The van der Waals surface area contributed by atoms with Gasteiger partial charge in [-0.2, -0.15) is 0 Å². The van der Waals surface area contributed by atoms with Crippen molar-refractivity contribution in [2.24, 2.45) is 5.73 Å². The Morgan fingerprint density at radius 1 is 1.14 bits per heavy atom. The van der Waals surface area contributed by atoms with Gasteiger partial charge in [0, 0.05) is 56.8 Å². The van der Waals surface area contributed by atoms with E-state index in [-0.39, 0.29) is 5.56 Å². The zero-order chi connectivity index (χ0) is 20.2. The van der Waals surface area contributed by atoms with E-state index in [1.165, 1.54) is 5.69 Å². The minimum absolute atomic E-state index is 0.170. The molecule has 5 N–H and O–H groups in total. The van der Waals surface area contributed by atoms with Crippen LogP contribution in [0, 0.1) is 0 Å². The second-order valence-corrected chi connectivity index (χ2v) is 7.30. The van der Waals surface area contributed by atoms with Crippen molar-refractivity contribution in [2.45, 2.75) is 0 Å². The number of hydrogen-bond acceptors (Lipinski definition) is 7. The summed E-state index contributed by atoms with van der Waals surface area (Å²) in [5.41, 5.74) is 7.51. The summed E-state index contributed by atoms with van der Waals surface area (Å²) in [5.74, 6) is 1.21. The average Bonchev–Trinajstić information content (AvgIpc) is 2.73. The Kier molecular flexibility index (Phi) is 5.64. The van der Waals surface area contributed by atoms with Crippen LogP contribution in [-0.4, -0.2) is 61.2 Å². The van der Waals surface area contributed by atoms with Crippen molar-refractivity contribution in [1.82, 2.24) is 14.9 Å². The third-order valence-corrected chi connectivity index (χ3v) is 5.20. The molecule has 29 heavy (non-hydrogen) atoms. The summed E-state index contributed by atoms with van der Waals surface area (Å²) >= 11 is 0. The highest BCUT2D eigenvalue weighted by molar-refractivity contribution is 5.94. The van der Waals surface area contributed by atoms with E-state index >= 15 is 0 Å². The molecule has 0 saturated carbocycles. The predicted molar refractivity (Wildman–Crippen MR) is 119 cm³/mol. The zero-order valence-electron chi connectivity index (χ0n) is 16.6. The molecular formula is C21H27N7O. The Hall–Kier alpha value is -3.10. The maximum absolute atomic E-state index is 12.4. The lowest BCUT2D eigenvalue weighted by atomic mass is 10.2. The van der Waals surface area contributed by atoms with Gasteiger partial charge in [0.15, 0.2) is 0 Å². The number of rotatable bonds is 6. The van der Waals surface area contributed by atoms with Crippen LogP contribution in [0.15, 0.2) is 47.4 Å². The molecule has 3 aromatic rings. The normalized spacial score (nSPS) is 14.9. The van der Waals surface area contributed by atoms with Crippen molar-refractivity contribution in [3.8, 4) is 0 Å². The van der Waals surface area contributed by atoms with Gasteiger partial charge in [0.2, 0.25) is 0 Å². The van der Waals surface area contributed by atoms with Crippen LogP contribution in [0.25, 0.3) is 10.8 Å². The van der Waals surface area contributed by atoms with Gasteiger partial charge >= 0.3 is 0 Å². The largest absolute Gasteiger partial charge is 0.369 e. The number of aromatic nitrogens is 2. The average molecular weight is 393 g/mol. The van der Waals surface area contributed by atoms with Crippen molar-refractivity contribution in [3.05, 3.63) is 52.9 Å². The van der Waals surface area contributed by atoms with Gasteiger partial charge in [-0.25, -0.2) is 4.98 Å². The number of anilines is 4. The smallest absolute Gasteiger partial charge is 0.259 e. The lowest BCUT2D eigenvalue weighted by molar-refractivity contribution is 0.313. The predicted octanol–water partition coefficient (Wildman–Crippen LogP) is 1.79. The molecule has 0 atom stereocenters. The minimum atomic E-state index is -0.170. The molecule has 1 fully saturated rings. The highest BCUT2D eigenvalue weighted by Gasteiger charge is 2.14. The number of likely N-dealkylation sites (N-methyl/N-ethyl adjacent to an activating group) is 1. The Bertz CT molecular complexity index is 1020. The minimum Gasteiger partial charge on any atom is -0.369 e. The number of nitrogens with zero attached hydrogens (tertiary/aromatic N) is 3. The quantitative estimate of drug-likeness (QED) is 0.506. The van der Waals surface area contributed by atoms with Crippen molar-refractivity contribution in [3.63, 3.8) is 0 Å². The number of benzene rings is 1. The fourth-order valence-corrected chi connectivity index (χ4v) is 3.55. The molecule has 1 aliphatic heterocycles. The lowest BCUT2D eigenvalue weighted by Crippen LogP contribution is -2.44. The van der Waals surface area contributed by atoms with Crippen molar-refractivity contribution in [1.29, 1.82) is 0 Å². The van der Waals surface area contributed by atoms with Crippen LogP contribution in [-0.2, 0) is 0 Å². The van der Waals surface area contributed by atoms with Crippen LogP contribution in [0.2, 0.25) is 0 Å². The van der Waals surface area contributed by atoms with E-state index in [1.807, 2.05) is 24.3 Å². The molecule has 2 aromatic heterocycles. The zero-order valence-corrected chi connectivity index (χ0v) is 16.6. The maximum Gasteiger partial charge on any atom is 0.259 e. The van der Waals surface area contributed by atoms with E-state index in [0.29, 0.717) is 30.1 Å². The van der Waals surface area contributed by atoms with Crippen LogP contribution < -0.4 is 26.8 Å². The molecule has 0 bridgehead atoms. The second kappa shape index (κ2) is 8.50. The van der Waals surface area contributed by atoms with E-state index in [1.54, 1.807) is 6.20 Å². The number of hydrogen-bond donors (Lipinski definition) is 4. The molecule has 1 aromatic carbocycles.